The Bertz CT molecular complexity index is 801. The van der Waals surface area contributed by atoms with Gasteiger partial charge in [-0.05, 0) is 31.5 Å². The summed E-state index contributed by atoms with van der Waals surface area (Å²) >= 11 is 0. The molecule has 1 aromatic heterocycles. The molecule has 2 aromatic rings. The normalized spacial score (nSPS) is 15.3. The van der Waals surface area contributed by atoms with Gasteiger partial charge in [-0.1, -0.05) is 6.07 Å². The lowest BCUT2D eigenvalue weighted by molar-refractivity contribution is 0.191. The van der Waals surface area contributed by atoms with Crippen LogP contribution in [0.4, 0.5) is 10.7 Å². The van der Waals surface area contributed by atoms with Gasteiger partial charge in [0.25, 0.3) is 0 Å². The number of nitrogens with zero attached hydrogens (tertiary/aromatic N) is 5. The average Bonchev–Trinajstić information content (AvgIpc) is 3.14. The summed E-state index contributed by atoms with van der Waals surface area (Å²) in [6.07, 6.45) is 1.68. The number of piperazine rings is 1. The first-order valence-electron chi connectivity index (χ1n) is 9.48. The Morgan fingerprint density at radius 2 is 2.00 bits per heavy atom. The third-order valence-corrected chi connectivity index (χ3v) is 4.86. The molecular formula is C19H28N6O3. The third kappa shape index (κ3) is 4.29. The molecule has 1 saturated heterocycles. The van der Waals surface area contributed by atoms with E-state index in [2.05, 4.69) is 20.4 Å². The quantitative estimate of drug-likeness (QED) is 0.813. The number of carbonyl (C=O) groups is 1. The van der Waals surface area contributed by atoms with Crippen molar-refractivity contribution in [3.63, 3.8) is 0 Å². The van der Waals surface area contributed by atoms with Crippen molar-refractivity contribution in [3.8, 4) is 11.5 Å². The molecule has 9 nitrogen and oxygen atoms in total. The van der Waals surface area contributed by atoms with Gasteiger partial charge in [0.05, 0.1) is 19.8 Å². The van der Waals surface area contributed by atoms with Crippen LogP contribution < -0.4 is 19.7 Å². The van der Waals surface area contributed by atoms with E-state index in [1.165, 1.54) is 0 Å². The molecule has 0 spiro atoms. The molecule has 2 heterocycles. The number of hydrogen-bond acceptors (Lipinski definition) is 6. The highest BCUT2D eigenvalue weighted by molar-refractivity contribution is 5.75. The molecule has 0 aliphatic carbocycles. The number of carbonyl (C=O) groups excluding carboxylic acids is 1. The molecule has 1 fully saturated rings. The number of rotatable bonds is 6. The topological polar surface area (TPSA) is 84.8 Å². The van der Waals surface area contributed by atoms with E-state index in [0.717, 1.165) is 24.6 Å². The van der Waals surface area contributed by atoms with Gasteiger partial charge in [-0.3, -0.25) is 0 Å². The van der Waals surface area contributed by atoms with Gasteiger partial charge in [0.1, 0.15) is 6.33 Å². The number of nitrogens with one attached hydrogen (secondary N) is 1. The van der Waals surface area contributed by atoms with Gasteiger partial charge >= 0.3 is 6.03 Å². The standard InChI is InChI=1S/C19H28N6O3/c1-5-28-16-7-6-15(12-17(16)27-4)14(2)21-19(26)25-10-8-24(9-11-25)18-22-20-13-23(18)3/h6-7,12-14H,5,8-11H2,1-4H3,(H,21,26). The predicted molar refractivity (Wildman–Crippen MR) is 106 cm³/mol. The van der Waals surface area contributed by atoms with Gasteiger partial charge < -0.3 is 29.2 Å². The van der Waals surface area contributed by atoms with Crippen LogP contribution in [-0.4, -0.2) is 65.6 Å². The summed E-state index contributed by atoms with van der Waals surface area (Å²) in [5, 5.41) is 11.1. The Morgan fingerprint density at radius 3 is 2.61 bits per heavy atom. The van der Waals surface area contributed by atoms with Crippen LogP contribution in [-0.2, 0) is 7.05 Å². The zero-order valence-electron chi connectivity index (χ0n) is 16.9. The molecule has 0 radical (unpaired) electrons. The summed E-state index contributed by atoms with van der Waals surface area (Å²) in [6, 6.07) is 5.51. The number of hydrogen-bond donors (Lipinski definition) is 1. The molecule has 1 atom stereocenters. The molecule has 28 heavy (non-hydrogen) atoms. The lowest BCUT2D eigenvalue weighted by atomic mass is 10.1. The smallest absolute Gasteiger partial charge is 0.317 e. The van der Waals surface area contributed by atoms with E-state index in [9.17, 15) is 4.79 Å². The van der Waals surface area contributed by atoms with Crippen LogP contribution in [0.5, 0.6) is 11.5 Å². The molecule has 1 aliphatic rings. The van der Waals surface area contributed by atoms with Crippen molar-refractivity contribution in [3.05, 3.63) is 30.1 Å². The molecule has 9 heteroatoms. The Kier molecular flexibility index (Phi) is 6.23. The predicted octanol–water partition coefficient (Wildman–Crippen LogP) is 1.82. The number of benzene rings is 1. The van der Waals surface area contributed by atoms with Crippen molar-refractivity contribution in [2.75, 3.05) is 44.8 Å². The first kappa shape index (κ1) is 19.8. The summed E-state index contributed by atoms with van der Waals surface area (Å²) in [4.78, 5) is 16.6. The number of urea groups is 1. The number of aryl methyl sites for hydroxylation is 1. The van der Waals surface area contributed by atoms with E-state index in [1.54, 1.807) is 13.4 Å². The summed E-state index contributed by atoms with van der Waals surface area (Å²) < 4.78 is 12.8. The lowest BCUT2D eigenvalue weighted by Crippen LogP contribution is -2.52. The second-order valence-corrected chi connectivity index (χ2v) is 6.73. The largest absolute Gasteiger partial charge is 0.493 e. The van der Waals surface area contributed by atoms with Crippen molar-refractivity contribution >= 4 is 12.0 Å². The van der Waals surface area contributed by atoms with E-state index in [0.29, 0.717) is 31.2 Å². The van der Waals surface area contributed by atoms with Crippen molar-refractivity contribution in [2.24, 2.45) is 7.05 Å². The van der Waals surface area contributed by atoms with Crippen LogP contribution in [0.1, 0.15) is 25.5 Å². The van der Waals surface area contributed by atoms with E-state index < -0.39 is 0 Å². The van der Waals surface area contributed by atoms with Gasteiger partial charge in [-0.25, -0.2) is 4.79 Å². The molecule has 1 aromatic carbocycles. The number of methoxy groups -OCH3 is 1. The van der Waals surface area contributed by atoms with Crippen LogP contribution in [0.2, 0.25) is 0 Å². The lowest BCUT2D eigenvalue weighted by Gasteiger charge is -2.35. The van der Waals surface area contributed by atoms with Crippen LogP contribution in [0, 0.1) is 0 Å². The molecule has 152 valence electrons. The first-order valence-corrected chi connectivity index (χ1v) is 9.48. The highest BCUT2D eigenvalue weighted by atomic mass is 16.5. The van der Waals surface area contributed by atoms with E-state index in [4.69, 9.17) is 9.47 Å². The molecule has 0 bridgehead atoms. The van der Waals surface area contributed by atoms with Crippen LogP contribution >= 0.6 is 0 Å². The van der Waals surface area contributed by atoms with Crippen molar-refractivity contribution in [1.82, 2.24) is 25.0 Å². The number of amides is 2. The summed E-state index contributed by atoms with van der Waals surface area (Å²) in [5.41, 5.74) is 0.964. The van der Waals surface area contributed by atoms with Gasteiger partial charge in [0, 0.05) is 33.2 Å². The van der Waals surface area contributed by atoms with Crippen molar-refractivity contribution in [2.45, 2.75) is 19.9 Å². The minimum atomic E-state index is -0.145. The number of anilines is 1. The van der Waals surface area contributed by atoms with Gasteiger partial charge in [-0.15, -0.1) is 10.2 Å². The van der Waals surface area contributed by atoms with Crippen molar-refractivity contribution in [1.29, 1.82) is 0 Å². The highest BCUT2D eigenvalue weighted by Crippen LogP contribution is 2.30. The molecule has 3 rings (SSSR count). The maximum Gasteiger partial charge on any atom is 0.317 e. The fraction of sp³-hybridized carbons (Fsp3) is 0.526. The molecule has 0 saturated carbocycles. The minimum absolute atomic E-state index is 0.0713. The second kappa shape index (κ2) is 8.81. The SMILES string of the molecule is CCOc1ccc(C(C)NC(=O)N2CCN(c3nncn3C)CC2)cc1OC. The highest BCUT2D eigenvalue weighted by Gasteiger charge is 2.24. The molecule has 1 aliphatic heterocycles. The summed E-state index contributed by atoms with van der Waals surface area (Å²) in [6.45, 7) is 7.19. The zero-order chi connectivity index (χ0) is 20.1. The van der Waals surface area contributed by atoms with Crippen molar-refractivity contribution < 1.29 is 14.3 Å². The van der Waals surface area contributed by atoms with Crippen LogP contribution in [0.25, 0.3) is 0 Å². The first-order chi connectivity index (χ1) is 13.5. The maximum absolute atomic E-state index is 12.7. The van der Waals surface area contributed by atoms with Gasteiger partial charge in [0.15, 0.2) is 11.5 Å². The average molecular weight is 388 g/mol. The molecular weight excluding hydrogens is 360 g/mol. The molecule has 1 unspecified atom stereocenters. The fourth-order valence-electron chi connectivity index (χ4n) is 3.26. The number of ether oxygens (including phenoxy) is 2. The van der Waals surface area contributed by atoms with Gasteiger partial charge in [0.2, 0.25) is 5.95 Å². The van der Waals surface area contributed by atoms with Gasteiger partial charge in [-0.2, -0.15) is 0 Å². The minimum Gasteiger partial charge on any atom is -0.493 e. The summed E-state index contributed by atoms with van der Waals surface area (Å²) in [5.74, 6) is 2.19. The maximum atomic E-state index is 12.7. The fourth-order valence-corrected chi connectivity index (χ4v) is 3.26. The van der Waals surface area contributed by atoms with E-state index in [-0.39, 0.29) is 12.1 Å². The third-order valence-electron chi connectivity index (χ3n) is 4.86. The van der Waals surface area contributed by atoms with E-state index >= 15 is 0 Å². The molecule has 2 amide bonds. The summed E-state index contributed by atoms with van der Waals surface area (Å²) in [7, 11) is 3.53. The Balaban J connectivity index is 1.57. The monoisotopic (exact) mass is 388 g/mol. The molecule has 1 N–H and O–H groups in total. The Labute approximate surface area is 165 Å². The Morgan fingerprint density at radius 1 is 1.25 bits per heavy atom. The van der Waals surface area contributed by atoms with E-state index in [1.807, 2.05) is 48.6 Å². The Hall–Kier alpha value is -2.97. The van der Waals surface area contributed by atoms with Crippen LogP contribution in [0.3, 0.4) is 0 Å². The second-order valence-electron chi connectivity index (χ2n) is 6.73. The number of aromatic nitrogens is 3. The van der Waals surface area contributed by atoms with Crippen LogP contribution in [0.15, 0.2) is 24.5 Å². The zero-order valence-corrected chi connectivity index (χ0v) is 16.9.